The number of aromatic nitrogens is 4. The molecule has 2 N–H and O–H groups in total. The maximum Gasteiger partial charge on any atom is 0.271 e. The molecular weight excluding hydrogens is 436 g/mol. The van der Waals surface area contributed by atoms with Gasteiger partial charge in [0.05, 0.1) is 6.20 Å². The molecule has 0 aliphatic carbocycles. The molecule has 0 aliphatic heterocycles. The monoisotopic (exact) mass is 461 g/mol. The Bertz CT molecular complexity index is 1140. The topological polar surface area (TPSA) is 111 Å². The number of aryl methyl sites for hydroxylation is 1. The molecule has 0 saturated carbocycles. The van der Waals surface area contributed by atoms with Gasteiger partial charge in [0, 0.05) is 31.5 Å². The molecule has 3 rings (SSSR count). The number of hydrogen-bond acceptors (Lipinski definition) is 6. The number of aliphatic hydroxyl groups excluding tert-OH is 1. The van der Waals surface area contributed by atoms with Crippen LogP contribution in [-0.4, -0.2) is 37.2 Å². The Morgan fingerprint density at radius 2 is 1.97 bits per heavy atom. The first-order valence-corrected chi connectivity index (χ1v) is 10.4. The van der Waals surface area contributed by atoms with Crippen molar-refractivity contribution >= 4 is 11.7 Å². The second kappa shape index (κ2) is 10.8. The van der Waals surface area contributed by atoms with Gasteiger partial charge in [-0.25, -0.2) is 13.5 Å². The predicted octanol–water partition coefficient (Wildman–Crippen LogP) is 3.12. The van der Waals surface area contributed by atoms with Gasteiger partial charge in [0.15, 0.2) is 29.0 Å². The highest BCUT2D eigenvalue weighted by atomic mass is 19.1. The SMILES string of the molecule is CC(C)CC(C(=O)Nc1ccn(CCCO)n1)n1ncc(Oc2c(F)cccc2F)cc1=O. The number of ether oxygens (including phenoxy) is 1. The molecule has 0 saturated heterocycles. The van der Waals surface area contributed by atoms with Crippen LogP contribution in [0.3, 0.4) is 0 Å². The Morgan fingerprint density at radius 1 is 1.24 bits per heavy atom. The third-order valence-electron chi connectivity index (χ3n) is 4.67. The summed E-state index contributed by atoms with van der Waals surface area (Å²) in [7, 11) is 0. The van der Waals surface area contributed by atoms with Gasteiger partial charge in [0.1, 0.15) is 6.04 Å². The Kier molecular flexibility index (Phi) is 7.88. The van der Waals surface area contributed by atoms with Gasteiger partial charge in [-0.05, 0) is 30.9 Å². The largest absolute Gasteiger partial charge is 0.449 e. The van der Waals surface area contributed by atoms with Crippen molar-refractivity contribution in [3.05, 3.63) is 64.7 Å². The van der Waals surface area contributed by atoms with Crippen LogP contribution < -0.4 is 15.6 Å². The summed E-state index contributed by atoms with van der Waals surface area (Å²) >= 11 is 0. The minimum absolute atomic E-state index is 0.0237. The molecule has 0 radical (unpaired) electrons. The van der Waals surface area contributed by atoms with E-state index in [1.165, 1.54) is 6.07 Å². The number of amides is 1. The summed E-state index contributed by atoms with van der Waals surface area (Å²) in [6, 6.07) is 4.93. The molecule has 0 fully saturated rings. The van der Waals surface area contributed by atoms with Crippen molar-refractivity contribution in [1.29, 1.82) is 0 Å². The minimum atomic E-state index is -0.945. The Labute approximate surface area is 188 Å². The zero-order valence-corrected chi connectivity index (χ0v) is 18.2. The second-order valence-corrected chi connectivity index (χ2v) is 7.80. The normalized spacial score (nSPS) is 12.1. The molecule has 1 amide bonds. The summed E-state index contributed by atoms with van der Waals surface area (Å²) in [5.41, 5.74) is -0.668. The first-order valence-electron chi connectivity index (χ1n) is 10.4. The molecule has 33 heavy (non-hydrogen) atoms. The summed E-state index contributed by atoms with van der Waals surface area (Å²) in [6.45, 7) is 4.31. The zero-order chi connectivity index (χ0) is 24.0. The van der Waals surface area contributed by atoms with Crippen LogP contribution in [0.1, 0.15) is 32.7 Å². The molecule has 9 nitrogen and oxygen atoms in total. The summed E-state index contributed by atoms with van der Waals surface area (Å²) < 4.78 is 35.4. The van der Waals surface area contributed by atoms with Crippen LogP contribution in [0.15, 0.2) is 47.5 Å². The number of para-hydroxylation sites is 1. The fourth-order valence-corrected chi connectivity index (χ4v) is 3.15. The van der Waals surface area contributed by atoms with E-state index < -0.39 is 34.9 Å². The van der Waals surface area contributed by atoms with Gasteiger partial charge in [0.25, 0.3) is 11.5 Å². The molecule has 1 atom stereocenters. The average Bonchev–Trinajstić information content (AvgIpc) is 3.20. The quantitative estimate of drug-likeness (QED) is 0.480. The van der Waals surface area contributed by atoms with Crippen LogP contribution in [0, 0.1) is 17.6 Å². The van der Waals surface area contributed by atoms with E-state index >= 15 is 0 Å². The molecule has 0 bridgehead atoms. The maximum absolute atomic E-state index is 13.8. The molecule has 1 aromatic carbocycles. The molecular formula is C22H25F2N5O4. The number of benzene rings is 1. The number of halogens is 2. The van der Waals surface area contributed by atoms with E-state index in [4.69, 9.17) is 9.84 Å². The first kappa shape index (κ1) is 24.1. The fraction of sp³-hybridized carbons (Fsp3) is 0.364. The predicted molar refractivity (Wildman–Crippen MR) is 116 cm³/mol. The van der Waals surface area contributed by atoms with Crippen molar-refractivity contribution in [3.8, 4) is 11.5 Å². The Morgan fingerprint density at radius 3 is 2.61 bits per heavy atom. The average molecular weight is 461 g/mol. The van der Waals surface area contributed by atoms with E-state index in [9.17, 15) is 18.4 Å². The van der Waals surface area contributed by atoms with Gasteiger partial charge in [0.2, 0.25) is 0 Å². The van der Waals surface area contributed by atoms with Crippen LogP contribution in [0.5, 0.6) is 11.5 Å². The van der Waals surface area contributed by atoms with Crippen molar-refractivity contribution in [1.82, 2.24) is 19.6 Å². The molecule has 0 aliphatic rings. The van der Waals surface area contributed by atoms with Gasteiger partial charge in [-0.15, -0.1) is 0 Å². The Balaban J connectivity index is 1.81. The number of nitrogens with one attached hydrogen (secondary N) is 1. The van der Waals surface area contributed by atoms with E-state index in [-0.39, 0.29) is 18.3 Å². The molecule has 2 heterocycles. The highest BCUT2D eigenvalue weighted by molar-refractivity contribution is 5.92. The minimum Gasteiger partial charge on any atom is -0.449 e. The van der Waals surface area contributed by atoms with Crippen LogP contribution in [-0.2, 0) is 11.3 Å². The lowest BCUT2D eigenvalue weighted by atomic mass is 10.0. The van der Waals surface area contributed by atoms with E-state index in [1.54, 1.807) is 16.9 Å². The van der Waals surface area contributed by atoms with Crippen molar-refractivity contribution in [2.75, 3.05) is 11.9 Å². The van der Waals surface area contributed by atoms with Gasteiger partial charge < -0.3 is 15.2 Å². The highest BCUT2D eigenvalue weighted by Crippen LogP contribution is 2.26. The van der Waals surface area contributed by atoms with Crippen molar-refractivity contribution < 1.29 is 23.4 Å². The van der Waals surface area contributed by atoms with E-state index in [0.29, 0.717) is 25.2 Å². The van der Waals surface area contributed by atoms with Crippen LogP contribution in [0.4, 0.5) is 14.6 Å². The van der Waals surface area contributed by atoms with Gasteiger partial charge >= 0.3 is 0 Å². The molecule has 176 valence electrons. The number of anilines is 1. The number of hydrogen-bond donors (Lipinski definition) is 2. The van der Waals surface area contributed by atoms with Gasteiger partial charge in [-0.1, -0.05) is 19.9 Å². The van der Waals surface area contributed by atoms with Crippen molar-refractivity contribution in [2.45, 2.75) is 39.3 Å². The van der Waals surface area contributed by atoms with Crippen molar-refractivity contribution in [3.63, 3.8) is 0 Å². The van der Waals surface area contributed by atoms with E-state index in [1.807, 2.05) is 13.8 Å². The lowest BCUT2D eigenvalue weighted by Crippen LogP contribution is -2.35. The lowest BCUT2D eigenvalue weighted by molar-refractivity contribution is -0.120. The Hall–Kier alpha value is -3.60. The van der Waals surface area contributed by atoms with Crippen molar-refractivity contribution in [2.24, 2.45) is 5.92 Å². The first-order chi connectivity index (χ1) is 15.8. The molecule has 1 unspecified atom stereocenters. The maximum atomic E-state index is 13.8. The lowest BCUT2D eigenvalue weighted by Gasteiger charge is -2.19. The van der Waals surface area contributed by atoms with Crippen LogP contribution >= 0.6 is 0 Å². The molecule has 3 aromatic rings. The number of rotatable bonds is 10. The smallest absolute Gasteiger partial charge is 0.271 e. The number of carbonyl (C=O) groups is 1. The van der Waals surface area contributed by atoms with Crippen LogP contribution in [0.25, 0.3) is 0 Å². The fourth-order valence-electron chi connectivity index (χ4n) is 3.15. The van der Waals surface area contributed by atoms with Gasteiger partial charge in [-0.2, -0.15) is 10.2 Å². The summed E-state index contributed by atoms with van der Waals surface area (Å²) in [5.74, 6) is -2.78. The summed E-state index contributed by atoms with van der Waals surface area (Å²) in [4.78, 5) is 25.7. The number of carbonyl (C=O) groups excluding carboxylic acids is 1. The number of nitrogens with zero attached hydrogens (tertiary/aromatic N) is 4. The van der Waals surface area contributed by atoms with Gasteiger partial charge in [-0.3, -0.25) is 14.3 Å². The summed E-state index contributed by atoms with van der Waals surface area (Å²) in [5, 5.41) is 19.8. The summed E-state index contributed by atoms with van der Waals surface area (Å²) in [6.07, 6.45) is 3.63. The van der Waals surface area contributed by atoms with Crippen LogP contribution in [0.2, 0.25) is 0 Å². The third-order valence-corrected chi connectivity index (χ3v) is 4.67. The molecule has 2 aromatic heterocycles. The second-order valence-electron chi connectivity index (χ2n) is 7.80. The standard InChI is InChI=1S/C22H25F2N5O4/c1-14(2)11-18(22(32)26-19-7-9-28(27-19)8-4-10-30)29-20(31)12-15(13-25-29)33-21-16(23)5-3-6-17(21)24/h3,5-7,9,12-14,18,30H,4,8,10-11H2,1-2H3,(H,26,27,32). The molecule has 11 heteroatoms. The zero-order valence-electron chi connectivity index (χ0n) is 18.2. The van der Waals surface area contributed by atoms with E-state index in [2.05, 4.69) is 15.5 Å². The highest BCUT2D eigenvalue weighted by Gasteiger charge is 2.25. The molecule has 0 spiro atoms. The number of aliphatic hydroxyl groups is 1. The van der Waals surface area contributed by atoms with E-state index in [0.717, 1.165) is 29.1 Å². The third kappa shape index (κ3) is 6.22.